The largest absolute Gasteiger partial charge is 0.494 e. The van der Waals surface area contributed by atoms with Gasteiger partial charge < -0.3 is 9.47 Å². The highest BCUT2D eigenvalue weighted by atomic mass is 19.1. The zero-order valence-electron chi connectivity index (χ0n) is 14.3. The monoisotopic (exact) mass is 356 g/mol. The molecule has 2 aromatic carbocycles. The maximum atomic E-state index is 13.6. The van der Waals surface area contributed by atoms with Crippen LogP contribution in [-0.2, 0) is 22.7 Å². The van der Waals surface area contributed by atoms with Crippen LogP contribution in [0.15, 0.2) is 42.5 Å². The molecule has 0 spiro atoms. The van der Waals surface area contributed by atoms with Gasteiger partial charge in [0.1, 0.15) is 6.61 Å². The van der Waals surface area contributed by atoms with Crippen molar-refractivity contribution >= 4 is 5.97 Å². The van der Waals surface area contributed by atoms with Gasteiger partial charge in [-0.2, -0.15) is 4.80 Å². The van der Waals surface area contributed by atoms with E-state index < -0.39 is 11.8 Å². The first kappa shape index (κ1) is 17.5. The van der Waals surface area contributed by atoms with E-state index in [9.17, 15) is 9.18 Å². The van der Waals surface area contributed by atoms with Crippen molar-refractivity contribution in [3.8, 4) is 17.1 Å². The highest BCUT2D eigenvalue weighted by molar-refractivity contribution is 5.69. The third-order valence-electron chi connectivity index (χ3n) is 3.65. The fraction of sp³-hybridized carbons (Fsp3) is 0.222. The number of hydrogen-bond acceptors (Lipinski definition) is 6. The molecule has 3 rings (SSSR count). The zero-order chi connectivity index (χ0) is 18.5. The third-order valence-corrected chi connectivity index (χ3v) is 3.65. The molecule has 0 amide bonds. The van der Waals surface area contributed by atoms with E-state index in [0.717, 1.165) is 15.9 Å². The summed E-state index contributed by atoms with van der Waals surface area (Å²) >= 11 is 0. The molecule has 0 saturated heterocycles. The quantitative estimate of drug-likeness (QED) is 0.632. The van der Waals surface area contributed by atoms with Gasteiger partial charge >= 0.3 is 5.97 Å². The van der Waals surface area contributed by atoms with Gasteiger partial charge in [-0.25, -0.2) is 9.18 Å². The minimum atomic E-state index is -0.547. The number of carbonyl (C=O) groups is 1. The van der Waals surface area contributed by atoms with Crippen LogP contribution in [0.25, 0.3) is 11.4 Å². The summed E-state index contributed by atoms with van der Waals surface area (Å²) in [6.45, 7) is 1.75. The number of carbonyl (C=O) groups excluding carboxylic acids is 1. The summed E-state index contributed by atoms with van der Waals surface area (Å²) in [7, 11) is 1.38. The molecule has 0 radical (unpaired) electrons. The predicted molar refractivity (Wildman–Crippen MR) is 90.7 cm³/mol. The van der Waals surface area contributed by atoms with Crippen molar-refractivity contribution in [3.05, 3.63) is 59.4 Å². The van der Waals surface area contributed by atoms with E-state index in [0.29, 0.717) is 11.4 Å². The van der Waals surface area contributed by atoms with Crippen molar-refractivity contribution in [2.45, 2.75) is 20.1 Å². The average Bonchev–Trinajstić information content (AvgIpc) is 3.09. The number of rotatable bonds is 6. The fourth-order valence-corrected chi connectivity index (χ4v) is 2.25. The first-order valence-electron chi connectivity index (χ1n) is 7.88. The second kappa shape index (κ2) is 7.73. The van der Waals surface area contributed by atoms with Crippen molar-refractivity contribution in [3.63, 3.8) is 0 Å². The molecule has 134 valence electrons. The molecule has 3 aromatic rings. The van der Waals surface area contributed by atoms with Gasteiger partial charge in [-0.05, 0) is 29.8 Å². The van der Waals surface area contributed by atoms with Crippen molar-refractivity contribution in [1.29, 1.82) is 0 Å². The van der Waals surface area contributed by atoms with E-state index >= 15 is 0 Å². The molecule has 0 N–H and O–H groups in total. The second-order valence-corrected chi connectivity index (χ2v) is 5.64. The van der Waals surface area contributed by atoms with Gasteiger partial charge in [0.05, 0.1) is 7.11 Å². The molecule has 0 aliphatic heterocycles. The molecule has 0 aliphatic rings. The summed E-state index contributed by atoms with van der Waals surface area (Å²) in [6.07, 6.45) is 0. The number of aryl methyl sites for hydroxylation is 1. The van der Waals surface area contributed by atoms with Crippen LogP contribution in [-0.4, -0.2) is 33.3 Å². The van der Waals surface area contributed by atoms with Gasteiger partial charge in [-0.1, -0.05) is 35.9 Å². The van der Waals surface area contributed by atoms with Crippen molar-refractivity contribution in [1.82, 2.24) is 20.2 Å². The van der Waals surface area contributed by atoms with Gasteiger partial charge in [0, 0.05) is 5.56 Å². The molecule has 1 aromatic heterocycles. The number of methoxy groups -OCH3 is 1. The summed E-state index contributed by atoms with van der Waals surface area (Å²) in [5.41, 5.74) is 2.45. The summed E-state index contributed by atoms with van der Waals surface area (Å²) in [6, 6.07) is 12.0. The van der Waals surface area contributed by atoms with Gasteiger partial charge in [0.2, 0.25) is 5.82 Å². The van der Waals surface area contributed by atoms with Crippen LogP contribution in [0.5, 0.6) is 5.75 Å². The van der Waals surface area contributed by atoms with Gasteiger partial charge in [0.25, 0.3) is 0 Å². The lowest BCUT2D eigenvalue weighted by atomic mass is 10.1. The average molecular weight is 356 g/mol. The van der Waals surface area contributed by atoms with E-state index in [1.807, 2.05) is 31.2 Å². The van der Waals surface area contributed by atoms with Gasteiger partial charge in [-0.15, -0.1) is 10.2 Å². The lowest BCUT2D eigenvalue weighted by Crippen LogP contribution is -2.15. The van der Waals surface area contributed by atoms with Crippen LogP contribution in [0.2, 0.25) is 0 Å². The Balaban J connectivity index is 1.57. The van der Waals surface area contributed by atoms with Crippen LogP contribution < -0.4 is 4.74 Å². The number of hydrogen-bond donors (Lipinski definition) is 0. The number of esters is 1. The normalized spacial score (nSPS) is 10.6. The smallest absolute Gasteiger partial charge is 0.330 e. The topological polar surface area (TPSA) is 79.1 Å². The highest BCUT2D eigenvalue weighted by Gasteiger charge is 2.11. The summed E-state index contributed by atoms with van der Waals surface area (Å²) < 4.78 is 23.6. The van der Waals surface area contributed by atoms with Gasteiger partial charge in [0.15, 0.2) is 18.1 Å². The lowest BCUT2D eigenvalue weighted by molar-refractivity contribution is -0.146. The van der Waals surface area contributed by atoms with Crippen LogP contribution in [0.3, 0.4) is 0 Å². The van der Waals surface area contributed by atoms with E-state index in [2.05, 4.69) is 15.4 Å². The number of nitrogens with zero attached hydrogens (tertiary/aromatic N) is 4. The number of halogens is 1. The van der Waals surface area contributed by atoms with Crippen molar-refractivity contribution < 1.29 is 18.7 Å². The molecule has 0 bridgehead atoms. The Morgan fingerprint density at radius 3 is 2.65 bits per heavy atom. The molecule has 0 unspecified atom stereocenters. The molecular formula is C18H17FN4O3. The summed E-state index contributed by atoms with van der Waals surface area (Å²) in [5.74, 6) is -0.499. The molecule has 8 heteroatoms. The van der Waals surface area contributed by atoms with Gasteiger partial charge in [-0.3, -0.25) is 0 Å². The minimum absolute atomic E-state index is 0.0563. The third kappa shape index (κ3) is 4.21. The molecule has 26 heavy (non-hydrogen) atoms. The first-order chi connectivity index (χ1) is 12.5. The Bertz CT molecular complexity index is 909. The fourth-order valence-electron chi connectivity index (χ4n) is 2.25. The first-order valence-corrected chi connectivity index (χ1v) is 7.88. The molecular weight excluding hydrogens is 339 g/mol. The van der Waals surface area contributed by atoms with Crippen LogP contribution in [0, 0.1) is 12.7 Å². The second-order valence-electron chi connectivity index (χ2n) is 5.64. The maximum Gasteiger partial charge on any atom is 0.330 e. The highest BCUT2D eigenvalue weighted by Crippen LogP contribution is 2.18. The maximum absolute atomic E-state index is 13.6. The molecule has 7 nitrogen and oxygen atoms in total. The van der Waals surface area contributed by atoms with Crippen molar-refractivity contribution in [2.24, 2.45) is 0 Å². The van der Waals surface area contributed by atoms with E-state index in [1.54, 1.807) is 6.07 Å². The Morgan fingerprint density at radius 1 is 1.19 bits per heavy atom. The summed E-state index contributed by atoms with van der Waals surface area (Å²) in [4.78, 5) is 13.1. The number of ether oxygens (including phenoxy) is 2. The van der Waals surface area contributed by atoms with E-state index in [1.165, 1.54) is 19.2 Å². The Labute approximate surface area is 149 Å². The van der Waals surface area contributed by atoms with E-state index in [4.69, 9.17) is 9.47 Å². The predicted octanol–water partition coefficient (Wildman–Crippen LogP) is 2.54. The molecule has 0 atom stereocenters. The standard InChI is InChI=1S/C18H17FN4O3/c1-12-3-6-14(7-4-12)18-20-22-23(21-18)10-17(24)26-11-13-5-8-16(25-2)15(19)9-13/h3-9H,10-11H2,1-2H3. The molecule has 0 fully saturated rings. The zero-order valence-corrected chi connectivity index (χ0v) is 14.3. The number of aromatic nitrogens is 4. The Morgan fingerprint density at radius 2 is 1.96 bits per heavy atom. The lowest BCUT2D eigenvalue weighted by Gasteiger charge is -2.06. The van der Waals surface area contributed by atoms with Crippen LogP contribution in [0.4, 0.5) is 4.39 Å². The molecule has 1 heterocycles. The number of benzene rings is 2. The Kier molecular flexibility index (Phi) is 5.21. The van der Waals surface area contributed by atoms with E-state index in [-0.39, 0.29) is 18.9 Å². The number of tetrazole rings is 1. The van der Waals surface area contributed by atoms with Crippen LogP contribution in [0.1, 0.15) is 11.1 Å². The summed E-state index contributed by atoms with van der Waals surface area (Å²) in [5, 5.41) is 11.9. The minimum Gasteiger partial charge on any atom is -0.494 e. The Hall–Kier alpha value is -3.29. The molecule has 0 aliphatic carbocycles. The SMILES string of the molecule is COc1ccc(COC(=O)Cn2nnc(-c3ccc(C)cc3)n2)cc1F. The molecule has 0 saturated carbocycles. The van der Waals surface area contributed by atoms with Crippen LogP contribution >= 0.6 is 0 Å². The van der Waals surface area contributed by atoms with Crippen molar-refractivity contribution in [2.75, 3.05) is 7.11 Å².